The number of esters is 1. The molecule has 20 N–H and O–H groups in total. The van der Waals surface area contributed by atoms with E-state index in [1.807, 2.05) is 0 Å². The van der Waals surface area contributed by atoms with Crippen molar-refractivity contribution in [3.05, 3.63) is 11.6 Å². The molecular formula is C68H110O35. The lowest BCUT2D eigenvalue weighted by atomic mass is 9.33. The van der Waals surface area contributed by atoms with Crippen molar-refractivity contribution in [2.45, 2.75) is 309 Å². The van der Waals surface area contributed by atoms with Crippen LogP contribution in [0.4, 0.5) is 0 Å². The van der Waals surface area contributed by atoms with E-state index in [0.29, 0.717) is 32.1 Å². The highest BCUT2D eigenvalue weighted by Gasteiger charge is 2.74. The Morgan fingerprint density at radius 2 is 1.06 bits per heavy atom. The van der Waals surface area contributed by atoms with E-state index in [0.717, 1.165) is 5.57 Å². The lowest BCUT2D eigenvalue weighted by molar-refractivity contribution is -0.387. The van der Waals surface area contributed by atoms with Crippen molar-refractivity contribution in [1.82, 2.24) is 0 Å². The Hall–Kier alpha value is -2.11. The summed E-state index contributed by atoms with van der Waals surface area (Å²) < 4.78 is 83.6. The Bertz CT molecular complexity index is 2960. The molecule has 35 heteroatoms. The SMILES string of the molecule is C[C@@H]1O[C@H](O[C@H]2[C@H](O)[C@@H](O[C@@H]3[C@@H](O[C@H]4OC[C@@](O)(CO)[C@@H]4O)[C@H](O)[C@@H](O[C@@H]4[C@@H](OC(=O)[C@]56CCC(C)(C)C[C@H]5C5=CC[C@H]7[C@]8(C)C[C@H](O)[C@@H](O[C@H]9O[C@@H](CO)[C@H](O)[C@@H](O[C@H]%10OC[C@H](O)[C@@H](O)[C@@H]%10O)[C@@H]9O)[C@](C)(CO)[C@H]8CC[C@@]7(C)[C@]5(C)C[C@@H]6O)OC[C@H](O)[C@H]4O)O[C@H]3C)OC[C@@H]2O)[C@@H](O)[C@H](O)[C@H]1O. The van der Waals surface area contributed by atoms with Gasteiger partial charge in [-0.25, -0.2) is 0 Å². The van der Waals surface area contributed by atoms with E-state index in [-0.39, 0.29) is 31.1 Å². The molecule has 12 aliphatic rings. The van der Waals surface area contributed by atoms with Crippen molar-refractivity contribution in [3.63, 3.8) is 0 Å². The standard InChI is InChI=1S/C68H110O35/c1-25-37(77)41(81)43(83)56(94-25)98-48-32(75)21-91-55(44(48)84)97-47-26(2)95-57(46(86)50(47)100-60-52(87)67(89,23-71)24-93-60)101-51-39(79)31(74)20-92-59(51)103-61(88)68-14-13-62(3,4)15-28(68)27-9-10-35-63(5)16-29(72)53(64(6,22-70)34(63)11-12-65(35,7)66(27,8)17-36(68)76)102-58-45(85)49(40(80)33(18-69)96-58)99-54-42(82)38(78)30(73)19-90-54/h9,25-26,28-60,69-87,89H,10-24H2,1-8H3/t25-,26-,28-,29-,30-,31-,32-,33-,34-,35-,36-,37-,38+,39+,40-,41+,42-,43-,44-,45-,46-,47-,48+,49+,50-,51-,52+,53+,54+,55+,56+,57+,58+,59+,60+,63+,64+,65+,66+,67-,68+/m0/s1. The molecule has 592 valence electrons. The molecule has 4 saturated carbocycles. The number of allylic oxidation sites excluding steroid dienone is 2. The average molecular weight is 1490 g/mol. The van der Waals surface area contributed by atoms with Gasteiger partial charge in [0.25, 0.3) is 0 Å². The first-order valence-corrected chi connectivity index (χ1v) is 36.0. The molecular weight excluding hydrogens is 1380 g/mol. The highest BCUT2D eigenvalue weighted by Crippen LogP contribution is 2.76. The van der Waals surface area contributed by atoms with E-state index in [4.69, 9.17) is 66.3 Å². The second-order valence-electron chi connectivity index (χ2n) is 33.1. The van der Waals surface area contributed by atoms with Crippen molar-refractivity contribution in [3.8, 4) is 0 Å². The largest absolute Gasteiger partial charge is 0.432 e. The summed E-state index contributed by atoms with van der Waals surface area (Å²) in [6.45, 7) is 10.5. The minimum Gasteiger partial charge on any atom is -0.432 e. The Balaban J connectivity index is 0.781. The van der Waals surface area contributed by atoms with Gasteiger partial charge in [-0.3, -0.25) is 4.79 Å². The topological polar surface area (TPSA) is 551 Å². The predicted molar refractivity (Wildman–Crippen MR) is 338 cm³/mol. The van der Waals surface area contributed by atoms with E-state index >= 15 is 4.79 Å². The minimum absolute atomic E-state index is 0.0425. The highest BCUT2D eigenvalue weighted by atomic mass is 16.8. The fourth-order valence-corrected chi connectivity index (χ4v) is 20.0. The summed E-state index contributed by atoms with van der Waals surface area (Å²) in [4.78, 5) is 15.8. The molecule has 0 unspecified atom stereocenters. The minimum atomic E-state index is -2.26. The Morgan fingerprint density at radius 3 is 1.72 bits per heavy atom. The van der Waals surface area contributed by atoms with Gasteiger partial charge in [0.2, 0.25) is 6.29 Å². The highest BCUT2D eigenvalue weighted by molar-refractivity contribution is 5.80. The van der Waals surface area contributed by atoms with Crippen LogP contribution < -0.4 is 0 Å². The van der Waals surface area contributed by atoms with Crippen LogP contribution in [0.5, 0.6) is 0 Å². The van der Waals surface area contributed by atoms with E-state index in [1.165, 1.54) is 13.8 Å². The summed E-state index contributed by atoms with van der Waals surface area (Å²) in [5, 5.41) is 224. The van der Waals surface area contributed by atoms with Gasteiger partial charge in [-0.15, -0.1) is 0 Å². The monoisotopic (exact) mass is 1490 g/mol. The molecule has 0 aromatic heterocycles. The van der Waals surface area contributed by atoms with Crippen molar-refractivity contribution in [2.75, 3.05) is 46.2 Å². The number of hydrogen-bond acceptors (Lipinski definition) is 35. The molecule has 103 heavy (non-hydrogen) atoms. The number of carbonyl (C=O) groups is 1. The normalized spacial score (nSPS) is 55.9. The molecule has 7 saturated heterocycles. The van der Waals surface area contributed by atoms with Gasteiger partial charge in [0.1, 0.15) is 127 Å². The molecule has 0 bridgehead atoms. The van der Waals surface area contributed by atoms with Crippen LogP contribution in [0.1, 0.15) is 107 Å². The molecule has 41 atom stereocenters. The lowest BCUT2D eigenvalue weighted by Crippen LogP contribution is -2.71. The van der Waals surface area contributed by atoms with Crippen LogP contribution in [0.3, 0.4) is 0 Å². The van der Waals surface area contributed by atoms with Crippen molar-refractivity contribution in [1.29, 1.82) is 0 Å². The van der Waals surface area contributed by atoms with E-state index < -0.39 is 293 Å². The summed E-state index contributed by atoms with van der Waals surface area (Å²) >= 11 is 0. The second kappa shape index (κ2) is 29.9. The zero-order chi connectivity index (χ0) is 75.1. The molecule has 0 radical (unpaired) electrons. The van der Waals surface area contributed by atoms with E-state index in [1.54, 1.807) is 6.92 Å². The van der Waals surface area contributed by atoms with Gasteiger partial charge in [0.05, 0.1) is 76.8 Å². The summed E-state index contributed by atoms with van der Waals surface area (Å²) in [6, 6.07) is 0. The summed E-state index contributed by atoms with van der Waals surface area (Å²) in [6.07, 6.45) is -49.2. The van der Waals surface area contributed by atoms with Gasteiger partial charge in [-0.2, -0.15) is 0 Å². The number of hydrogen-bond donors (Lipinski definition) is 20. The maximum atomic E-state index is 15.8. The van der Waals surface area contributed by atoms with Crippen LogP contribution in [0.25, 0.3) is 0 Å². The van der Waals surface area contributed by atoms with Crippen LogP contribution in [-0.4, -0.2) is 357 Å². The predicted octanol–water partition coefficient (Wildman–Crippen LogP) is -7.04. The van der Waals surface area contributed by atoms with Gasteiger partial charge in [0.15, 0.2) is 43.8 Å². The number of carbonyl (C=O) groups excluding carboxylic acids is 1. The van der Waals surface area contributed by atoms with Crippen LogP contribution >= 0.6 is 0 Å². The lowest BCUT2D eigenvalue weighted by Gasteiger charge is -2.72. The third kappa shape index (κ3) is 13.6. The zero-order valence-corrected chi connectivity index (χ0v) is 59.0. The smallest absolute Gasteiger partial charge is 0.317 e. The van der Waals surface area contributed by atoms with E-state index in [9.17, 15) is 102 Å². The maximum absolute atomic E-state index is 15.8. The van der Waals surface area contributed by atoms with Crippen LogP contribution in [0.2, 0.25) is 0 Å². The summed E-state index contributed by atoms with van der Waals surface area (Å²) in [7, 11) is 0. The molecule has 0 aromatic carbocycles. The molecule has 0 spiro atoms. The van der Waals surface area contributed by atoms with Gasteiger partial charge in [0, 0.05) is 5.41 Å². The van der Waals surface area contributed by atoms with Crippen LogP contribution in [0, 0.1) is 50.2 Å². The molecule has 7 heterocycles. The third-order valence-electron chi connectivity index (χ3n) is 26.3. The molecule has 0 aromatic rings. The molecule has 7 aliphatic heterocycles. The third-order valence-corrected chi connectivity index (χ3v) is 26.3. The Kier molecular flexibility index (Phi) is 23.3. The first-order valence-electron chi connectivity index (χ1n) is 36.0. The Labute approximate surface area is 594 Å². The first kappa shape index (κ1) is 80.4. The molecule has 35 nitrogen and oxygen atoms in total. The second-order valence-corrected chi connectivity index (χ2v) is 33.1. The number of aliphatic hydroxyl groups excluding tert-OH is 19. The van der Waals surface area contributed by atoms with Gasteiger partial charge >= 0.3 is 5.97 Å². The van der Waals surface area contributed by atoms with Crippen LogP contribution in [-0.2, 0) is 71.1 Å². The van der Waals surface area contributed by atoms with Crippen molar-refractivity contribution < 1.29 is 173 Å². The summed E-state index contributed by atoms with van der Waals surface area (Å²) in [5.74, 6) is -2.22. The van der Waals surface area contributed by atoms with Crippen molar-refractivity contribution in [2.24, 2.45) is 50.2 Å². The van der Waals surface area contributed by atoms with Gasteiger partial charge in [-0.1, -0.05) is 53.2 Å². The first-order chi connectivity index (χ1) is 48.3. The number of rotatable bonds is 17. The fraction of sp³-hybridized carbons (Fsp3) is 0.956. The maximum Gasteiger partial charge on any atom is 0.317 e. The number of ether oxygens (including phenoxy) is 14. The quantitative estimate of drug-likeness (QED) is 0.0366. The fourth-order valence-electron chi connectivity index (χ4n) is 20.0. The van der Waals surface area contributed by atoms with Crippen LogP contribution in [0.15, 0.2) is 11.6 Å². The Morgan fingerprint density at radius 1 is 0.495 bits per heavy atom. The van der Waals surface area contributed by atoms with E-state index in [2.05, 4.69) is 40.7 Å². The van der Waals surface area contributed by atoms with Crippen molar-refractivity contribution >= 4 is 5.97 Å². The molecule has 11 fully saturated rings. The zero-order valence-electron chi connectivity index (χ0n) is 59.0. The summed E-state index contributed by atoms with van der Waals surface area (Å²) in [5.41, 5.74) is -6.94. The number of aliphatic hydroxyl groups is 20. The average Bonchev–Trinajstić information content (AvgIpc) is 0.864. The molecule has 5 aliphatic carbocycles. The number of fused-ring (bicyclic) bond motifs is 7. The molecule has 12 rings (SSSR count). The van der Waals surface area contributed by atoms with Gasteiger partial charge < -0.3 is 168 Å². The van der Waals surface area contributed by atoms with Gasteiger partial charge in [-0.05, 0) is 105 Å². The molecule has 0 amide bonds.